The third kappa shape index (κ3) is 4.83. The van der Waals surface area contributed by atoms with Crippen LogP contribution in [0.3, 0.4) is 0 Å². The van der Waals surface area contributed by atoms with Gasteiger partial charge in [0.05, 0.1) is 21.8 Å². The molecule has 0 radical (unpaired) electrons. The number of anilines is 2. The van der Waals surface area contributed by atoms with Gasteiger partial charge in [0.1, 0.15) is 0 Å². The minimum Gasteiger partial charge on any atom is -0.352 e. The lowest BCUT2D eigenvalue weighted by atomic mass is 10.0. The fourth-order valence-corrected chi connectivity index (χ4v) is 4.42. The highest BCUT2D eigenvalue weighted by Crippen LogP contribution is 2.28. The van der Waals surface area contributed by atoms with Crippen molar-refractivity contribution >= 4 is 34.9 Å². The molecule has 1 aromatic carbocycles. The zero-order chi connectivity index (χ0) is 21.8. The van der Waals surface area contributed by atoms with Gasteiger partial charge in [0, 0.05) is 45.0 Å². The summed E-state index contributed by atoms with van der Waals surface area (Å²) in [6.45, 7) is 6.06. The highest BCUT2D eigenvalue weighted by atomic mass is 35.5. The van der Waals surface area contributed by atoms with Gasteiger partial charge in [-0.25, -0.2) is 4.98 Å². The number of nitrogens with one attached hydrogen (secondary N) is 2. The summed E-state index contributed by atoms with van der Waals surface area (Å²) < 4.78 is 0. The van der Waals surface area contributed by atoms with Gasteiger partial charge in [-0.2, -0.15) is 0 Å². The molecule has 2 aromatic rings. The summed E-state index contributed by atoms with van der Waals surface area (Å²) in [7, 11) is 0. The quantitative estimate of drug-likeness (QED) is 0.760. The van der Waals surface area contributed by atoms with Gasteiger partial charge in [0.15, 0.2) is 5.82 Å². The third-order valence-corrected chi connectivity index (χ3v) is 6.29. The van der Waals surface area contributed by atoms with Crippen LogP contribution in [0.25, 0.3) is 0 Å². The molecule has 2 N–H and O–H groups in total. The van der Waals surface area contributed by atoms with E-state index in [1.165, 1.54) is 0 Å². The van der Waals surface area contributed by atoms with Crippen molar-refractivity contribution in [2.24, 2.45) is 0 Å². The predicted octanol–water partition coefficient (Wildman–Crippen LogP) is 3.41. The van der Waals surface area contributed by atoms with Crippen molar-refractivity contribution in [1.29, 1.82) is 0 Å². The van der Waals surface area contributed by atoms with Crippen LogP contribution in [-0.2, 0) is 0 Å². The Hall–Kier alpha value is -2.64. The molecule has 2 saturated heterocycles. The van der Waals surface area contributed by atoms with Crippen LogP contribution in [-0.4, -0.2) is 60.5 Å². The Morgan fingerprint density at radius 2 is 1.94 bits per heavy atom. The molecule has 1 atom stereocenters. The number of halogens is 1. The lowest BCUT2D eigenvalue weighted by molar-refractivity contribution is 0.0635. The first-order valence-corrected chi connectivity index (χ1v) is 11.2. The summed E-state index contributed by atoms with van der Waals surface area (Å²) in [5, 5.41) is 6.66. The standard InChI is InChI=1S/C23H28ClN5O2/c1-16-6-4-5-11-29(16)23(31)17-14-20(21(26-15-17)28-12-9-25-10-13-28)27-22(30)18-7-2-3-8-19(18)24/h2-3,7-8,14-16,25H,4-6,9-13H2,1H3,(H,27,30). The number of aromatic nitrogens is 1. The largest absolute Gasteiger partial charge is 0.352 e. The minimum atomic E-state index is -0.320. The molecule has 2 amide bonds. The maximum atomic E-state index is 13.2. The van der Waals surface area contributed by atoms with Crippen LogP contribution in [0.2, 0.25) is 5.02 Å². The summed E-state index contributed by atoms with van der Waals surface area (Å²) in [5.74, 6) is 0.310. The van der Waals surface area contributed by atoms with Gasteiger partial charge in [-0.15, -0.1) is 0 Å². The summed E-state index contributed by atoms with van der Waals surface area (Å²) in [4.78, 5) is 34.8. The fourth-order valence-electron chi connectivity index (χ4n) is 4.20. The molecular weight excluding hydrogens is 414 g/mol. The maximum absolute atomic E-state index is 13.2. The molecule has 1 aromatic heterocycles. The van der Waals surface area contributed by atoms with Gasteiger partial charge >= 0.3 is 0 Å². The van der Waals surface area contributed by atoms with Gasteiger partial charge in [0.2, 0.25) is 0 Å². The Kier molecular flexibility index (Phi) is 6.73. The topological polar surface area (TPSA) is 77.6 Å². The summed E-state index contributed by atoms with van der Waals surface area (Å²) in [6.07, 6.45) is 4.79. The highest BCUT2D eigenvalue weighted by Gasteiger charge is 2.26. The van der Waals surface area contributed by atoms with E-state index in [9.17, 15) is 9.59 Å². The molecule has 0 bridgehead atoms. The van der Waals surface area contributed by atoms with E-state index >= 15 is 0 Å². The van der Waals surface area contributed by atoms with Crippen LogP contribution >= 0.6 is 11.6 Å². The zero-order valence-electron chi connectivity index (χ0n) is 17.7. The summed E-state index contributed by atoms with van der Waals surface area (Å²) in [5.41, 5.74) is 1.40. The fraction of sp³-hybridized carbons (Fsp3) is 0.435. The predicted molar refractivity (Wildman–Crippen MR) is 123 cm³/mol. The molecule has 8 heteroatoms. The molecule has 31 heavy (non-hydrogen) atoms. The smallest absolute Gasteiger partial charge is 0.257 e. The van der Waals surface area contributed by atoms with Crippen molar-refractivity contribution in [2.75, 3.05) is 42.9 Å². The first kappa shape index (κ1) is 21.6. The number of rotatable bonds is 4. The Morgan fingerprint density at radius 1 is 1.16 bits per heavy atom. The second-order valence-electron chi connectivity index (χ2n) is 8.11. The number of piperazine rings is 1. The molecule has 0 aliphatic carbocycles. The van der Waals surface area contributed by atoms with E-state index in [2.05, 4.69) is 27.4 Å². The number of likely N-dealkylation sites (tertiary alicyclic amines) is 1. The zero-order valence-corrected chi connectivity index (χ0v) is 18.5. The van der Waals surface area contributed by atoms with Gasteiger partial charge < -0.3 is 20.4 Å². The van der Waals surface area contributed by atoms with Crippen molar-refractivity contribution in [2.45, 2.75) is 32.2 Å². The number of carbonyl (C=O) groups is 2. The van der Waals surface area contributed by atoms with E-state index in [4.69, 9.17) is 11.6 Å². The lowest BCUT2D eigenvalue weighted by Crippen LogP contribution is -2.44. The molecule has 0 spiro atoms. The Balaban J connectivity index is 1.65. The van der Waals surface area contributed by atoms with E-state index in [1.54, 1.807) is 36.5 Å². The van der Waals surface area contributed by atoms with Crippen LogP contribution in [0.15, 0.2) is 36.5 Å². The Morgan fingerprint density at radius 3 is 2.68 bits per heavy atom. The van der Waals surface area contributed by atoms with Crippen molar-refractivity contribution in [3.8, 4) is 0 Å². The number of benzene rings is 1. The number of pyridine rings is 1. The van der Waals surface area contributed by atoms with Crippen LogP contribution in [0, 0.1) is 0 Å². The summed E-state index contributed by atoms with van der Waals surface area (Å²) in [6, 6.07) is 8.88. The van der Waals surface area contributed by atoms with Gasteiger partial charge in [-0.05, 0) is 44.4 Å². The van der Waals surface area contributed by atoms with Crippen molar-refractivity contribution in [1.82, 2.24) is 15.2 Å². The molecule has 2 fully saturated rings. The normalized spacial score (nSPS) is 19.2. The second kappa shape index (κ2) is 9.66. The van der Waals surface area contributed by atoms with E-state index in [0.29, 0.717) is 27.7 Å². The first-order chi connectivity index (χ1) is 15.0. The number of amides is 2. The first-order valence-electron chi connectivity index (χ1n) is 10.9. The monoisotopic (exact) mass is 441 g/mol. The summed E-state index contributed by atoms with van der Waals surface area (Å²) >= 11 is 6.22. The molecule has 2 aliphatic heterocycles. The molecule has 2 aliphatic rings. The number of hydrogen-bond donors (Lipinski definition) is 2. The Bertz CT molecular complexity index is 961. The van der Waals surface area contributed by atoms with E-state index in [1.807, 2.05) is 4.90 Å². The molecule has 164 valence electrons. The molecule has 7 nitrogen and oxygen atoms in total. The van der Waals surface area contributed by atoms with E-state index in [-0.39, 0.29) is 17.9 Å². The molecule has 4 rings (SSSR count). The van der Waals surface area contributed by atoms with Crippen LogP contribution in [0.1, 0.15) is 46.9 Å². The van der Waals surface area contributed by atoms with Crippen molar-refractivity contribution < 1.29 is 9.59 Å². The van der Waals surface area contributed by atoms with Crippen LogP contribution in [0.4, 0.5) is 11.5 Å². The van der Waals surface area contributed by atoms with Gasteiger partial charge in [-0.3, -0.25) is 9.59 Å². The number of nitrogens with zero attached hydrogens (tertiary/aromatic N) is 3. The molecular formula is C23H28ClN5O2. The van der Waals surface area contributed by atoms with Crippen molar-refractivity contribution in [3.05, 3.63) is 52.7 Å². The Labute approximate surface area is 187 Å². The average molecular weight is 442 g/mol. The van der Waals surface area contributed by atoms with E-state index in [0.717, 1.165) is 52.0 Å². The molecule has 0 saturated carbocycles. The van der Waals surface area contributed by atoms with E-state index < -0.39 is 0 Å². The second-order valence-corrected chi connectivity index (χ2v) is 8.52. The van der Waals surface area contributed by atoms with Crippen molar-refractivity contribution in [3.63, 3.8) is 0 Å². The average Bonchev–Trinajstić information content (AvgIpc) is 2.80. The van der Waals surface area contributed by atoms with Gasteiger partial charge in [0.25, 0.3) is 11.8 Å². The molecule has 1 unspecified atom stereocenters. The minimum absolute atomic E-state index is 0.0418. The van der Waals surface area contributed by atoms with Gasteiger partial charge in [-0.1, -0.05) is 23.7 Å². The highest BCUT2D eigenvalue weighted by molar-refractivity contribution is 6.34. The maximum Gasteiger partial charge on any atom is 0.257 e. The number of carbonyl (C=O) groups excluding carboxylic acids is 2. The number of hydrogen-bond acceptors (Lipinski definition) is 5. The lowest BCUT2D eigenvalue weighted by Gasteiger charge is -2.34. The number of piperidine rings is 1. The van der Waals surface area contributed by atoms with Crippen LogP contribution in [0.5, 0.6) is 0 Å². The SMILES string of the molecule is CC1CCCCN1C(=O)c1cnc(N2CCNCC2)c(NC(=O)c2ccccc2Cl)c1. The van der Waals surface area contributed by atoms with Crippen LogP contribution < -0.4 is 15.5 Å². The third-order valence-electron chi connectivity index (χ3n) is 5.96. The molecule has 3 heterocycles.